The lowest BCUT2D eigenvalue weighted by atomic mass is 10.2. The van der Waals surface area contributed by atoms with E-state index < -0.39 is 23.3 Å². The molecule has 1 N–H and O–H groups in total. The third-order valence-corrected chi connectivity index (χ3v) is 4.14. The molecule has 0 unspecified atom stereocenters. The van der Waals surface area contributed by atoms with Crippen molar-refractivity contribution in [1.82, 2.24) is 9.66 Å². The number of nitrogens with zero attached hydrogens (tertiary/aromatic N) is 2. The first kappa shape index (κ1) is 19.4. The molecule has 0 saturated carbocycles. The molecule has 0 amide bonds. The number of ether oxygens (including phenoxy) is 2. The summed E-state index contributed by atoms with van der Waals surface area (Å²) in [6.45, 7) is 1.53. The van der Waals surface area contributed by atoms with Gasteiger partial charge in [-0.25, -0.2) is 9.59 Å². The molecule has 144 valence electrons. The van der Waals surface area contributed by atoms with E-state index in [2.05, 4.69) is 14.8 Å². The van der Waals surface area contributed by atoms with Crippen LogP contribution in [-0.2, 0) is 9.53 Å². The molecule has 0 aliphatic rings. The van der Waals surface area contributed by atoms with E-state index in [1.807, 2.05) is 0 Å². The molecule has 8 nitrogen and oxygen atoms in total. The first-order valence-corrected chi connectivity index (χ1v) is 8.61. The molecule has 0 radical (unpaired) electrons. The number of hydrogen-bond acceptors (Lipinski definition) is 6. The lowest BCUT2D eigenvalue weighted by Crippen LogP contribution is -2.32. The Balaban J connectivity index is 2.02. The summed E-state index contributed by atoms with van der Waals surface area (Å²) < 4.78 is 10.9. The Morgan fingerprint density at radius 1 is 1.25 bits per heavy atom. The Bertz CT molecular complexity index is 1180. The van der Waals surface area contributed by atoms with Crippen LogP contribution in [-0.4, -0.2) is 35.1 Å². The Hall–Kier alpha value is -3.39. The maximum atomic E-state index is 12.5. The topological polar surface area (TPSA) is 103 Å². The summed E-state index contributed by atoms with van der Waals surface area (Å²) >= 11 is 6.02. The van der Waals surface area contributed by atoms with Crippen LogP contribution in [0.25, 0.3) is 10.9 Å². The number of carbonyl (C=O) groups is 1. The van der Waals surface area contributed by atoms with Crippen molar-refractivity contribution in [3.63, 3.8) is 0 Å². The van der Waals surface area contributed by atoms with E-state index in [1.165, 1.54) is 26.3 Å². The first-order valence-electron chi connectivity index (χ1n) is 8.23. The second-order valence-corrected chi connectivity index (χ2v) is 6.24. The Kier molecular flexibility index (Phi) is 5.60. The van der Waals surface area contributed by atoms with Gasteiger partial charge in [0.2, 0.25) is 0 Å². The Labute approximate surface area is 164 Å². The van der Waals surface area contributed by atoms with E-state index in [-0.39, 0.29) is 5.75 Å². The first-order chi connectivity index (χ1) is 13.4. The van der Waals surface area contributed by atoms with E-state index in [0.29, 0.717) is 26.2 Å². The van der Waals surface area contributed by atoms with Gasteiger partial charge in [0.05, 0.1) is 24.2 Å². The molecule has 2 aromatic carbocycles. The number of H-pyrrole nitrogens is 1. The van der Waals surface area contributed by atoms with Gasteiger partial charge in [-0.2, -0.15) is 5.10 Å². The zero-order valence-electron chi connectivity index (χ0n) is 15.0. The summed E-state index contributed by atoms with van der Waals surface area (Å²) in [6.07, 6.45) is 0.390. The predicted octanol–water partition coefficient (Wildman–Crippen LogP) is 2.17. The second-order valence-electron chi connectivity index (χ2n) is 5.80. The molecular weight excluding hydrogens is 386 g/mol. The average molecular weight is 402 g/mol. The SMILES string of the molecule is COC(=O)[C@H](C)Oc1ccc(Cl)cc1C=Nn1c(=O)[nH]c2ccccc2c1=O. The lowest BCUT2D eigenvalue weighted by molar-refractivity contribution is -0.147. The van der Waals surface area contributed by atoms with Crippen LogP contribution in [0, 0.1) is 0 Å². The molecule has 0 bridgehead atoms. The van der Waals surface area contributed by atoms with Gasteiger partial charge in [-0.3, -0.25) is 4.79 Å². The summed E-state index contributed by atoms with van der Waals surface area (Å²) in [6, 6.07) is 11.3. The van der Waals surface area contributed by atoms with Crippen LogP contribution in [0.4, 0.5) is 0 Å². The summed E-state index contributed by atoms with van der Waals surface area (Å²) in [5.74, 6) is -0.267. The quantitative estimate of drug-likeness (QED) is 0.521. The van der Waals surface area contributed by atoms with Gasteiger partial charge in [0.1, 0.15) is 5.75 Å². The largest absolute Gasteiger partial charge is 0.478 e. The number of aromatic amines is 1. The van der Waals surface area contributed by atoms with E-state index in [0.717, 1.165) is 0 Å². The highest BCUT2D eigenvalue weighted by Crippen LogP contribution is 2.22. The highest BCUT2D eigenvalue weighted by molar-refractivity contribution is 6.30. The number of fused-ring (bicyclic) bond motifs is 1. The molecule has 0 spiro atoms. The predicted molar refractivity (Wildman–Crippen MR) is 105 cm³/mol. The number of benzene rings is 2. The molecule has 0 aliphatic heterocycles. The lowest BCUT2D eigenvalue weighted by Gasteiger charge is -2.14. The minimum atomic E-state index is -0.870. The molecule has 1 aromatic heterocycles. The number of para-hydroxylation sites is 1. The summed E-state index contributed by atoms with van der Waals surface area (Å²) in [5, 5.41) is 4.69. The molecule has 1 atom stereocenters. The minimum Gasteiger partial charge on any atom is -0.478 e. The van der Waals surface area contributed by atoms with Crippen LogP contribution in [0.3, 0.4) is 0 Å². The van der Waals surface area contributed by atoms with Crippen molar-refractivity contribution in [2.24, 2.45) is 5.10 Å². The van der Waals surface area contributed by atoms with E-state index >= 15 is 0 Å². The standard InChI is InChI=1S/C19H16ClN3O5/c1-11(18(25)27-2)28-16-8-7-13(20)9-12(16)10-21-23-17(24)14-5-3-4-6-15(14)22-19(23)26/h3-11H,1-2H3,(H,22,26)/t11-/m0/s1. The molecule has 1 heterocycles. The third-order valence-electron chi connectivity index (χ3n) is 3.90. The fraction of sp³-hybridized carbons (Fsp3) is 0.158. The van der Waals surface area contributed by atoms with E-state index in [1.54, 1.807) is 36.4 Å². The fourth-order valence-corrected chi connectivity index (χ4v) is 2.69. The summed E-state index contributed by atoms with van der Waals surface area (Å²) in [4.78, 5) is 38.9. The maximum Gasteiger partial charge on any atom is 0.349 e. The van der Waals surface area contributed by atoms with Crippen molar-refractivity contribution in [3.8, 4) is 5.75 Å². The van der Waals surface area contributed by atoms with Crippen molar-refractivity contribution in [1.29, 1.82) is 0 Å². The fourth-order valence-electron chi connectivity index (χ4n) is 2.51. The normalized spacial score (nSPS) is 12.2. The van der Waals surface area contributed by atoms with Crippen LogP contribution < -0.4 is 16.0 Å². The van der Waals surface area contributed by atoms with Crippen molar-refractivity contribution >= 4 is 34.7 Å². The zero-order valence-corrected chi connectivity index (χ0v) is 15.8. The van der Waals surface area contributed by atoms with Crippen molar-refractivity contribution < 1.29 is 14.3 Å². The molecule has 3 rings (SSSR count). The van der Waals surface area contributed by atoms with Crippen LogP contribution in [0.15, 0.2) is 57.2 Å². The second kappa shape index (κ2) is 8.10. The van der Waals surface area contributed by atoms with Gasteiger partial charge in [0, 0.05) is 10.6 Å². The highest BCUT2D eigenvalue weighted by atomic mass is 35.5. The smallest absolute Gasteiger partial charge is 0.349 e. The van der Waals surface area contributed by atoms with Crippen molar-refractivity contribution in [2.45, 2.75) is 13.0 Å². The number of carbonyl (C=O) groups excluding carboxylic acids is 1. The average Bonchev–Trinajstić information content (AvgIpc) is 2.68. The van der Waals surface area contributed by atoms with E-state index in [9.17, 15) is 14.4 Å². The maximum absolute atomic E-state index is 12.5. The van der Waals surface area contributed by atoms with Gasteiger partial charge < -0.3 is 14.5 Å². The minimum absolute atomic E-state index is 0.288. The Morgan fingerprint density at radius 3 is 2.75 bits per heavy atom. The van der Waals surface area contributed by atoms with Crippen LogP contribution >= 0.6 is 11.6 Å². The number of halogens is 1. The number of esters is 1. The van der Waals surface area contributed by atoms with Gasteiger partial charge in [-0.15, -0.1) is 4.68 Å². The molecule has 28 heavy (non-hydrogen) atoms. The van der Waals surface area contributed by atoms with Crippen LogP contribution in [0.5, 0.6) is 5.75 Å². The van der Waals surface area contributed by atoms with Gasteiger partial charge >= 0.3 is 11.7 Å². The molecule has 9 heteroatoms. The molecule has 0 saturated heterocycles. The number of aromatic nitrogens is 2. The summed E-state index contributed by atoms with van der Waals surface area (Å²) in [5.41, 5.74) is -0.458. The molecular formula is C19H16ClN3O5. The van der Waals surface area contributed by atoms with Crippen LogP contribution in [0.1, 0.15) is 12.5 Å². The third kappa shape index (κ3) is 3.96. The van der Waals surface area contributed by atoms with Gasteiger partial charge in [0.15, 0.2) is 6.10 Å². The van der Waals surface area contributed by atoms with Gasteiger partial charge in [-0.05, 0) is 37.3 Å². The van der Waals surface area contributed by atoms with Crippen molar-refractivity contribution in [2.75, 3.05) is 7.11 Å². The number of rotatable bonds is 5. The molecule has 0 aliphatic carbocycles. The van der Waals surface area contributed by atoms with Gasteiger partial charge in [-0.1, -0.05) is 23.7 Å². The highest BCUT2D eigenvalue weighted by Gasteiger charge is 2.16. The van der Waals surface area contributed by atoms with Crippen molar-refractivity contribution in [3.05, 3.63) is 73.9 Å². The number of nitrogens with one attached hydrogen (secondary N) is 1. The molecule has 0 fully saturated rings. The number of methoxy groups -OCH3 is 1. The Morgan fingerprint density at radius 2 is 2.00 bits per heavy atom. The summed E-state index contributed by atoms with van der Waals surface area (Å²) in [7, 11) is 1.25. The van der Waals surface area contributed by atoms with E-state index in [4.69, 9.17) is 16.3 Å². The monoisotopic (exact) mass is 401 g/mol. The van der Waals surface area contributed by atoms with Gasteiger partial charge in [0.25, 0.3) is 5.56 Å². The molecule has 3 aromatic rings. The van der Waals surface area contributed by atoms with Crippen LogP contribution in [0.2, 0.25) is 5.02 Å². The zero-order chi connectivity index (χ0) is 20.3. The number of hydrogen-bond donors (Lipinski definition) is 1.